The van der Waals surface area contributed by atoms with Crippen LogP contribution in [0.15, 0.2) is 24.4 Å². The topological polar surface area (TPSA) is 98.8 Å². The van der Waals surface area contributed by atoms with Gasteiger partial charge in [0.2, 0.25) is 0 Å². The van der Waals surface area contributed by atoms with Crippen LogP contribution in [0.5, 0.6) is 11.5 Å². The number of benzene rings is 1. The van der Waals surface area contributed by atoms with E-state index in [0.717, 1.165) is 45.1 Å². The van der Waals surface area contributed by atoms with E-state index in [2.05, 4.69) is 9.88 Å². The maximum Gasteiger partial charge on any atom is 0.185 e. The van der Waals surface area contributed by atoms with Gasteiger partial charge < -0.3 is 28.8 Å². The van der Waals surface area contributed by atoms with Crippen molar-refractivity contribution in [3.05, 3.63) is 30.1 Å². The predicted molar refractivity (Wildman–Crippen MR) is 130 cm³/mol. The Balaban J connectivity index is 1.48. The zero-order valence-electron chi connectivity index (χ0n) is 19.1. The van der Waals surface area contributed by atoms with E-state index >= 15 is 0 Å². The van der Waals surface area contributed by atoms with Crippen molar-refractivity contribution in [2.24, 2.45) is 0 Å². The molecule has 9 nitrogen and oxygen atoms in total. The molecule has 0 amide bonds. The first-order chi connectivity index (χ1) is 16.6. The van der Waals surface area contributed by atoms with Crippen LogP contribution in [0.25, 0.3) is 22.3 Å². The Morgan fingerprint density at radius 1 is 1.21 bits per heavy atom. The number of aromatic amines is 1. The lowest BCUT2D eigenvalue weighted by Gasteiger charge is -2.41. The smallest absolute Gasteiger partial charge is 0.185 e. The molecule has 0 radical (unpaired) electrons. The largest absolute Gasteiger partial charge is 0.495 e. The van der Waals surface area contributed by atoms with Crippen molar-refractivity contribution in [2.45, 2.75) is 17.2 Å². The summed E-state index contributed by atoms with van der Waals surface area (Å²) in [5.74, 6) is 2.78. The number of fused-ring (bicyclic) bond motifs is 5. The lowest BCUT2D eigenvalue weighted by Crippen LogP contribution is -2.52. The van der Waals surface area contributed by atoms with Crippen molar-refractivity contribution >= 4 is 31.1 Å². The van der Waals surface area contributed by atoms with Gasteiger partial charge in [0.05, 0.1) is 38.5 Å². The number of ether oxygens (including phenoxy) is 4. The molecule has 10 heteroatoms. The van der Waals surface area contributed by atoms with Crippen molar-refractivity contribution < 1.29 is 23.2 Å². The number of nitrogens with zero attached hydrogens (tertiary/aromatic N) is 3. The average molecular weight is 483 g/mol. The third-order valence-electron chi connectivity index (χ3n) is 7.67. The molecule has 2 saturated heterocycles. The monoisotopic (exact) mass is 482 g/mol. The van der Waals surface area contributed by atoms with E-state index in [1.165, 1.54) is 0 Å². The maximum absolute atomic E-state index is 13.8. The summed E-state index contributed by atoms with van der Waals surface area (Å²) in [6, 6.07) is 6.02. The zero-order valence-corrected chi connectivity index (χ0v) is 19.9. The number of H-pyrrole nitrogens is 1. The lowest BCUT2D eigenvalue weighted by atomic mass is 9.94. The van der Waals surface area contributed by atoms with Crippen LogP contribution in [0, 0.1) is 0 Å². The van der Waals surface area contributed by atoms with E-state index in [9.17, 15) is 4.21 Å². The second-order valence-electron chi connectivity index (χ2n) is 9.26. The molecule has 0 bridgehead atoms. The first kappa shape index (κ1) is 20.5. The highest BCUT2D eigenvalue weighted by atomic mass is 32.2. The highest BCUT2D eigenvalue weighted by Gasteiger charge is 2.63. The maximum atomic E-state index is 13.8. The molecule has 2 aromatic heterocycles. The van der Waals surface area contributed by atoms with Crippen molar-refractivity contribution in [3.63, 3.8) is 0 Å². The van der Waals surface area contributed by atoms with Gasteiger partial charge in [-0.2, -0.15) is 0 Å². The number of aromatic nitrogens is 3. The van der Waals surface area contributed by atoms with Gasteiger partial charge in [-0.25, -0.2) is 9.97 Å². The fraction of sp³-hybridized carbons (Fsp3) is 0.458. The number of rotatable bonds is 3. The molecule has 3 unspecified atom stereocenters. The Kier molecular flexibility index (Phi) is 4.29. The van der Waals surface area contributed by atoms with Gasteiger partial charge in [0.15, 0.2) is 17.4 Å². The Bertz CT molecular complexity index is 1460. The summed E-state index contributed by atoms with van der Waals surface area (Å²) >= 11 is 0. The van der Waals surface area contributed by atoms with E-state index in [0.29, 0.717) is 51.0 Å². The summed E-state index contributed by atoms with van der Waals surface area (Å²) in [7, 11) is -0.595. The van der Waals surface area contributed by atoms with Gasteiger partial charge in [0, 0.05) is 41.4 Å². The molecular formula is C24H26N4O5S. The fourth-order valence-corrected chi connectivity index (χ4v) is 8.74. The second-order valence-corrected chi connectivity index (χ2v) is 12.1. The summed E-state index contributed by atoms with van der Waals surface area (Å²) < 4.78 is 36.4. The number of hydrogen-bond acceptors (Lipinski definition) is 8. The minimum atomic E-state index is -2.25. The molecule has 4 aliphatic heterocycles. The first-order valence-electron chi connectivity index (χ1n) is 11.5. The van der Waals surface area contributed by atoms with Crippen molar-refractivity contribution in [1.29, 1.82) is 0 Å². The van der Waals surface area contributed by atoms with Crippen LogP contribution in [0.4, 0.5) is 5.82 Å². The van der Waals surface area contributed by atoms with Gasteiger partial charge in [0.1, 0.15) is 22.8 Å². The second kappa shape index (κ2) is 7.10. The lowest BCUT2D eigenvalue weighted by molar-refractivity contribution is 0.0690. The number of anilines is 1. The molecule has 1 aromatic carbocycles. The van der Waals surface area contributed by atoms with Crippen LogP contribution in [-0.2, 0) is 23.7 Å². The summed E-state index contributed by atoms with van der Waals surface area (Å²) in [6.07, 6.45) is 4.36. The van der Waals surface area contributed by atoms with Crippen molar-refractivity contribution in [2.75, 3.05) is 57.8 Å². The van der Waals surface area contributed by atoms with Gasteiger partial charge in [-0.3, -0.25) is 4.21 Å². The molecule has 0 spiro atoms. The Morgan fingerprint density at radius 3 is 2.97 bits per heavy atom. The zero-order chi connectivity index (χ0) is 23.1. The van der Waals surface area contributed by atoms with Crippen LogP contribution >= 0.6 is 0 Å². The molecule has 178 valence electrons. The molecule has 7 rings (SSSR count). The van der Waals surface area contributed by atoms with E-state index in [-0.39, 0.29) is 6.04 Å². The van der Waals surface area contributed by atoms with Crippen LogP contribution < -0.4 is 14.4 Å². The van der Waals surface area contributed by atoms with E-state index < -0.39 is 14.3 Å². The van der Waals surface area contributed by atoms with Crippen LogP contribution in [0.1, 0.15) is 12.1 Å². The highest BCUT2D eigenvalue weighted by Crippen LogP contribution is 2.55. The minimum Gasteiger partial charge on any atom is -0.495 e. The minimum absolute atomic E-state index is 0.0980. The SMILES string of the molecule is COc1ccc(-c2nc3c(c(C45CCOCC4=S5(C)=O)n2)OCC2COCCN32)c2cc[nH]c12. The van der Waals surface area contributed by atoms with E-state index in [1.54, 1.807) is 7.11 Å². The van der Waals surface area contributed by atoms with Crippen molar-refractivity contribution in [1.82, 2.24) is 15.0 Å². The van der Waals surface area contributed by atoms with Crippen molar-refractivity contribution in [3.8, 4) is 22.9 Å². The molecule has 1 N–H and O–H groups in total. The van der Waals surface area contributed by atoms with Crippen LogP contribution in [0.2, 0.25) is 0 Å². The molecule has 0 saturated carbocycles. The highest BCUT2D eigenvalue weighted by molar-refractivity contribution is 8.12. The first-order valence-corrected chi connectivity index (χ1v) is 13.5. The third kappa shape index (κ3) is 2.56. The standard InChI is InChI=1S/C24H26N4O5S/c1-30-17-4-3-16(15-5-7-25-19(15)17)22-26-21(24-6-9-31-13-18(24)34(24,2)29)20-23(27-22)28-8-10-32-11-14(28)12-33-20/h3-5,7,14,25H,6,8-13H2,1-2H3. The average Bonchev–Trinajstić information content (AvgIpc) is 3.15. The van der Waals surface area contributed by atoms with Crippen LogP contribution in [0.3, 0.4) is 0 Å². The molecular weight excluding hydrogens is 456 g/mol. The van der Waals surface area contributed by atoms with Gasteiger partial charge in [0.25, 0.3) is 0 Å². The Labute approximate surface area is 197 Å². The Hall–Kier alpha value is -2.82. The van der Waals surface area contributed by atoms with Gasteiger partial charge >= 0.3 is 0 Å². The molecule has 3 aromatic rings. The quantitative estimate of drug-likeness (QED) is 0.566. The van der Waals surface area contributed by atoms with Gasteiger partial charge in [-0.15, -0.1) is 0 Å². The summed E-state index contributed by atoms with van der Waals surface area (Å²) in [4.78, 5) is 16.6. The number of morpholine rings is 1. The third-order valence-corrected chi connectivity index (χ3v) is 10.8. The molecule has 34 heavy (non-hydrogen) atoms. The summed E-state index contributed by atoms with van der Waals surface area (Å²) in [5, 5.41) is 0.974. The van der Waals surface area contributed by atoms with E-state index in [4.69, 9.17) is 28.9 Å². The molecule has 3 atom stereocenters. The van der Waals surface area contributed by atoms with Gasteiger partial charge in [-0.1, -0.05) is 0 Å². The number of hydrogen-bond donors (Lipinski definition) is 1. The van der Waals surface area contributed by atoms with E-state index in [1.807, 2.05) is 30.7 Å². The molecule has 6 heterocycles. The van der Waals surface area contributed by atoms with Gasteiger partial charge in [-0.05, 0) is 34.1 Å². The number of methoxy groups -OCH3 is 1. The molecule has 4 aliphatic rings. The number of nitrogens with one attached hydrogen (secondary N) is 1. The summed E-state index contributed by atoms with van der Waals surface area (Å²) in [6.45, 7) is 3.42. The van der Waals surface area contributed by atoms with Crippen LogP contribution in [-0.4, -0.2) is 83.0 Å². The predicted octanol–water partition coefficient (Wildman–Crippen LogP) is 1.95. The fourth-order valence-electron chi connectivity index (χ4n) is 5.80. The molecule has 0 aliphatic carbocycles. The summed E-state index contributed by atoms with van der Waals surface area (Å²) in [5.41, 5.74) is 2.53. The normalized spacial score (nSPS) is 29.8. The molecule has 2 fully saturated rings. The Morgan fingerprint density at radius 2 is 2.12 bits per heavy atom.